The zero-order valence-electron chi connectivity index (χ0n) is 15.7. The highest BCUT2D eigenvalue weighted by atomic mass is 79.9. The van der Waals surface area contributed by atoms with Crippen LogP contribution in [0, 0.1) is 6.92 Å². The summed E-state index contributed by atoms with van der Waals surface area (Å²) in [5.41, 5.74) is 1.91. The van der Waals surface area contributed by atoms with Crippen LogP contribution in [0.4, 0.5) is 5.69 Å². The van der Waals surface area contributed by atoms with Gasteiger partial charge >= 0.3 is 0 Å². The van der Waals surface area contributed by atoms with Gasteiger partial charge in [-0.2, -0.15) is 0 Å². The Hall–Kier alpha value is -3.06. The van der Waals surface area contributed by atoms with Crippen molar-refractivity contribution in [1.29, 1.82) is 0 Å². The van der Waals surface area contributed by atoms with Crippen molar-refractivity contribution in [3.05, 3.63) is 70.3 Å². The van der Waals surface area contributed by atoms with Gasteiger partial charge in [0.25, 0.3) is 5.91 Å². The van der Waals surface area contributed by atoms with E-state index in [4.69, 9.17) is 14.2 Å². The first-order valence-corrected chi connectivity index (χ1v) is 9.23. The summed E-state index contributed by atoms with van der Waals surface area (Å²) < 4.78 is 17.2. The van der Waals surface area contributed by atoms with E-state index in [9.17, 15) is 4.79 Å². The van der Waals surface area contributed by atoms with Crippen LogP contribution >= 0.6 is 15.9 Å². The van der Waals surface area contributed by atoms with Gasteiger partial charge in [0.1, 0.15) is 5.75 Å². The maximum absolute atomic E-state index is 12.6. The number of carbonyl (C=O) groups excluding carboxylic acids is 1. The molecule has 0 saturated carbocycles. The number of nitrogens with one attached hydrogen (secondary N) is 1. The number of carbonyl (C=O) groups is 1. The largest absolute Gasteiger partial charge is 0.493 e. The Morgan fingerprint density at radius 2 is 1.68 bits per heavy atom. The molecule has 144 valence electrons. The lowest BCUT2D eigenvalue weighted by Gasteiger charge is -2.13. The van der Waals surface area contributed by atoms with Crippen molar-refractivity contribution in [2.75, 3.05) is 19.5 Å². The smallest absolute Gasteiger partial charge is 0.257 e. The molecule has 0 radical (unpaired) electrons. The van der Waals surface area contributed by atoms with Gasteiger partial charge in [-0.15, -0.1) is 0 Å². The quantitative estimate of drug-likeness (QED) is 0.566. The van der Waals surface area contributed by atoms with E-state index in [2.05, 4.69) is 26.2 Å². The van der Waals surface area contributed by atoms with Crippen LogP contribution in [0.1, 0.15) is 15.9 Å². The van der Waals surface area contributed by atoms with Crippen LogP contribution in [0.3, 0.4) is 0 Å². The Labute approximate surface area is 171 Å². The van der Waals surface area contributed by atoms with E-state index in [0.29, 0.717) is 34.4 Å². The van der Waals surface area contributed by atoms with Crippen LogP contribution in [0.5, 0.6) is 23.1 Å². The number of pyridine rings is 1. The van der Waals surface area contributed by atoms with Gasteiger partial charge in [0.15, 0.2) is 11.5 Å². The third-order valence-corrected chi connectivity index (χ3v) is 4.54. The lowest BCUT2D eigenvalue weighted by molar-refractivity contribution is 0.102. The van der Waals surface area contributed by atoms with Gasteiger partial charge in [0.2, 0.25) is 5.88 Å². The SMILES string of the molecule is COc1cc(C)c(NC(=O)c2ccc(Oc3ccc(Br)cc3)nc2)cc1OC. The van der Waals surface area contributed by atoms with Gasteiger partial charge in [-0.05, 0) is 48.9 Å². The summed E-state index contributed by atoms with van der Waals surface area (Å²) in [6.07, 6.45) is 1.47. The van der Waals surface area contributed by atoms with Crippen molar-refractivity contribution in [2.45, 2.75) is 6.92 Å². The van der Waals surface area contributed by atoms with Crippen LogP contribution < -0.4 is 19.5 Å². The molecule has 1 heterocycles. The lowest BCUT2D eigenvalue weighted by atomic mass is 10.1. The second-order valence-corrected chi connectivity index (χ2v) is 6.83. The van der Waals surface area contributed by atoms with Crippen molar-refractivity contribution < 1.29 is 19.0 Å². The van der Waals surface area contributed by atoms with Crippen molar-refractivity contribution in [1.82, 2.24) is 4.98 Å². The van der Waals surface area contributed by atoms with Crippen LogP contribution in [0.15, 0.2) is 59.2 Å². The molecule has 0 aliphatic rings. The van der Waals surface area contributed by atoms with Crippen molar-refractivity contribution in [3.8, 4) is 23.1 Å². The number of aromatic nitrogens is 1. The third kappa shape index (κ3) is 4.61. The number of halogens is 1. The number of anilines is 1. The van der Waals surface area contributed by atoms with Crippen molar-refractivity contribution >= 4 is 27.5 Å². The molecular weight excluding hydrogens is 424 g/mol. The first kappa shape index (κ1) is 19.7. The average molecular weight is 443 g/mol. The maximum atomic E-state index is 12.6. The summed E-state index contributed by atoms with van der Waals surface area (Å²) in [4.78, 5) is 16.8. The molecule has 1 N–H and O–H groups in total. The molecule has 0 unspecified atom stereocenters. The zero-order valence-corrected chi connectivity index (χ0v) is 17.2. The van der Waals surface area contributed by atoms with Gasteiger partial charge in [0.05, 0.1) is 19.8 Å². The molecule has 0 saturated heterocycles. The van der Waals surface area contributed by atoms with E-state index in [-0.39, 0.29) is 5.91 Å². The molecule has 28 heavy (non-hydrogen) atoms. The standard InChI is InChI=1S/C21H19BrN2O4/c1-13-10-18(26-2)19(27-3)11-17(13)24-21(25)14-4-9-20(23-12-14)28-16-7-5-15(22)6-8-16/h4-12H,1-3H3,(H,24,25). The highest BCUT2D eigenvalue weighted by Gasteiger charge is 2.13. The number of hydrogen-bond donors (Lipinski definition) is 1. The topological polar surface area (TPSA) is 69.7 Å². The summed E-state index contributed by atoms with van der Waals surface area (Å²) in [7, 11) is 3.12. The van der Waals surface area contributed by atoms with E-state index >= 15 is 0 Å². The molecule has 1 aromatic heterocycles. The molecule has 0 aliphatic heterocycles. The van der Waals surface area contributed by atoms with E-state index in [1.165, 1.54) is 6.20 Å². The van der Waals surface area contributed by atoms with E-state index < -0.39 is 0 Å². The van der Waals surface area contributed by atoms with E-state index in [0.717, 1.165) is 10.0 Å². The molecule has 0 atom stereocenters. The third-order valence-electron chi connectivity index (χ3n) is 4.01. The number of amides is 1. The first-order valence-electron chi connectivity index (χ1n) is 8.43. The van der Waals surface area contributed by atoms with E-state index in [1.54, 1.807) is 32.4 Å². The molecule has 2 aromatic carbocycles. The molecule has 0 aliphatic carbocycles. The molecule has 0 bridgehead atoms. The summed E-state index contributed by atoms with van der Waals surface area (Å²) in [6, 6.07) is 14.3. The average Bonchev–Trinajstić information content (AvgIpc) is 2.71. The molecule has 3 aromatic rings. The predicted octanol–water partition coefficient (Wildman–Crippen LogP) is 5.21. The second kappa shape index (κ2) is 8.75. The van der Waals surface area contributed by atoms with Crippen LogP contribution in [0.2, 0.25) is 0 Å². The highest BCUT2D eigenvalue weighted by molar-refractivity contribution is 9.10. The van der Waals surface area contributed by atoms with Gasteiger partial charge in [-0.3, -0.25) is 4.79 Å². The van der Waals surface area contributed by atoms with Gasteiger partial charge < -0.3 is 19.5 Å². The molecule has 6 nitrogen and oxygen atoms in total. The van der Waals surface area contributed by atoms with Gasteiger partial charge in [-0.25, -0.2) is 4.98 Å². The van der Waals surface area contributed by atoms with Crippen molar-refractivity contribution in [3.63, 3.8) is 0 Å². The second-order valence-electron chi connectivity index (χ2n) is 5.92. The maximum Gasteiger partial charge on any atom is 0.257 e. The van der Waals surface area contributed by atoms with Crippen LogP contribution in [0.25, 0.3) is 0 Å². The van der Waals surface area contributed by atoms with Crippen LogP contribution in [-0.2, 0) is 0 Å². The number of benzene rings is 2. The van der Waals surface area contributed by atoms with Crippen molar-refractivity contribution in [2.24, 2.45) is 0 Å². The molecule has 0 spiro atoms. The fourth-order valence-corrected chi connectivity index (χ4v) is 2.77. The number of methoxy groups -OCH3 is 2. The first-order chi connectivity index (χ1) is 13.5. The Morgan fingerprint density at radius 3 is 2.29 bits per heavy atom. The summed E-state index contributed by atoms with van der Waals surface area (Å²) in [5, 5.41) is 2.87. The normalized spacial score (nSPS) is 10.3. The highest BCUT2D eigenvalue weighted by Crippen LogP contribution is 2.33. The summed E-state index contributed by atoms with van der Waals surface area (Å²) in [6.45, 7) is 1.88. The Bertz CT molecular complexity index is 973. The summed E-state index contributed by atoms with van der Waals surface area (Å²) in [5.74, 6) is 1.93. The molecule has 7 heteroatoms. The predicted molar refractivity (Wildman–Crippen MR) is 111 cm³/mol. The Kier molecular flexibility index (Phi) is 6.16. The number of ether oxygens (including phenoxy) is 3. The van der Waals surface area contributed by atoms with Crippen LogP contribution in [-0.4, -0.2) is 25.1 Å². The number of nitrogens with zero attached hydrogens (tertiary/aromatic N) is 1. The summed E-state index contributed by atoms with van der Waals surface area (Å²) >= 11 is 3.38. The minimum absolute atomic E-state index is 0.280. The van der Waals surface area contributed by atoms with Gasteiger partial charge in [-0.1, -0.05) is 15.9 Å². The lowest BCUT2D eigenvalue weighted by Crippen LogP contribution is -2.13. The Morgan fingerprint density at radius 1 is 1.00 bits per heavy atom. The fourth-order valence-electron chi connectivity index (χ4n) is 2.51. The minimum atomic E-state index is -0.280. The molecule has 1 amide bonds. The molecule has 3 rings (SSSR count). The fraction of sp³-hybridized carbons (Fsp3) is 0.143. The number of aryl methyl sites for hydroxylation is 1. The number of rotatable bonds is 6. The Balaban J connectivity index is 1.72. The number of hydrogen-bond acceptors (Lipinski definition) is 5. The zero-order chi connectivity index (χ0) is 20.1. The minimum Gasteiger partial charge on any atom is -0.493 e. The van der Waals surface area contributed by atoms with Gasteiger partial charge in [0, 0.05) is 28.5 Å². The molecule has 0 fully saturated rings. The monoisotopic (exact) mass is 442 g/mol. The van der Waals surface area contributed by atoms with E-state index in [1.807, 2.05) is 37.3 Å². The molecular formula is C21H19BrN2O4.